The van der Waals surface area contributed by atoms with E-state index in [-0.39, 0.29) is 0 Å². The first kappa shape index (κ1) is 14.8. The van der Waals surface area contributed by atoms with E-state index in [9.17, 15) is 4.79 Å². The van der Waals surface area contributed by atoms with Crippen molar-refractivity contribution in [3.63, 3.8) is 0 Å². The van der Waals surface area contributed by atoms with Crippen LogP contribution in [0.2, 0.25) is 0 Å². The maximum atomic E-state index is 11.2. The number of carboxylic acid groups (broad SMARTS) is 1. The Bertz CT molecular complexity index is 683. The Balaban J connectivity index is 2.45. The zero-order valence-corrected chi connectivity index (χ0v) is 12.2. The number of hydrogen-bond donors (Lipinski definition) is 1. The smallest absolute Gasteiger partial charge is 0.335 e. The van der Waals surface area contributed by atoms with Gasteiger partial charge in [-0.3, -0.25) is 0 Å². The molecule has 0 amide bonds. The van der Waals surface area contributed by atoms with Crippen molar-refractivity contribution in [1.82, 2.24) is 9.78 Å². The fourth-order valence-corrected chi connectivity index (χ4v) is 2.11. The van der Waals surface area contributed by atoms with Gasteiger partial charge in [-0.15, -0.1) is 0 Å². The van der Waals surface area contributed by atoms with Crippen LogP contribution in [0.15, 0.2) is 54.4 Å². The molecule has 4 heteroatoms. The molecular weight excluding hydrogens is 264 g/mol. The van der Waals surface area contributed by atoms with Crippen molar-refractivity contribution in [3.05, 3.63) is 65.5 Å². The van der Waals surface area contributed by atoms with Crippen molar-refractivity contribution >= 4 is 12.0 Å². The summed E-state index contributed by atoms with van der Waals surface area (Å²) >= 11 is 0. The number of nitrogens with zero attached hydrogens (tertiary/aromatic N) is 2. The Morgan fingerprint density at radius 2 is 2.19 bits per heavy atom. The van der Waals surface area contributed by atoms with Gasteiger partial charge in [0, 0.05) is 18.0 Å². The summed E-state index contributed by atoms with van der Waals surface area (Å²) in [5.41, 5.74) is 3.26. The van der Waals surface area contributed by atoms with Gasteiger partial charge in [-0.05, 0) is 37.1 Å². The van der Waals surface area contributed by atoms with Crippen LogP contribution in [0.3, 0.4) is 0 Å². The summed E-state index contributed by atoms with van der Waals surface area (Å²) in [5.74, 6) is -0.915. The van der Waals surface area contributed by atoms with Gasteiger partial charge in [0.05, 0.1) is 11.3 Å². The molecule has 0 bridgehead atoms. The van der Waals surface area contributed by atoms with Gasteiger partial charge < -0.3 is 5.11 Å². The highest BCUT2D eigenvalue weighted by Crippen LogP contribution is 2.20. The molecule has 0 unspecified atom stereocenters. The predicted octanol–water partition coefficient (Wildman–Crippen LogP) is 3.61. The van der Waals surface area contributed by atoms with Crippen LogP contribution in [0, 0.1) is 6.92 Å². The van der Waals surface area contributed by atoms with E-state index < -0.39 is 5.97 Å². The fourth-order valence-electron chi connectivity index (χ4n) is 2.11. The minimum absolute atomic E-state index is 0.298. The van der Waals surface area contributed by atoms with Crippen LogP contribution < -0.4 is 0 Å². The van der Waals surface area contributed by atoms with Crippen molar-refractivity contribution in [3.8, 4) is 5.69 Å². The number of rotatable bonds is 5. The van der Waals surface area contributed by atoms with E-state index in [1.807, 2.05) is 50.4 Å². The Labute approximate surface area is 124 Å². The second-order valence-corrected chi connectivity index (χ2v) is 4.66. The van der Waals surface area contributed by atoms with Gasteiger partial charge in [0.15, 0.2) is 0 Å². The lowest BCUT2D eigenvalue weighted by molar-refractivity contribution is -0.132. The molecule has 1 heterocycles. The average Bonchev–Trinajstić information content (AvgIpc) is 2.98. The van der Waals surface area contributed by atoms with E-state index in [1.165, 1.54) is 0 Å². The highest BCUT2D eigenvalue weighted by Gasteiger charge is 2.07. The molecule has 1 aromatic carbocycles. The van der Waals surface area contributed by atoms with Gasteiger partial charge in [0.1, 0.15) is 0 Å². The summed E-state index contributed by atoms with van der Waals surface area (Å²) in [6, 6.07) is 7.78. The van der Waals surface area contributed by atoms with Crippen LogP contribution in [-0.2, 0) is 4.79 Å². The molecule has 108 valence electrons. The lowest BCUT2D eigenvalue weighted by Crippen LogP contribution is -2.00. The van der Waals surface area contributed by atoms with Gasteiger partial charge in [-0.2, -0.15) is 5.10 Å². The number of benzene rings is 1. The van der Waals surface area contributed by atoms with Gasteiger partial charge in [0.2, 0.25) is 0 Å². The molecule has 2 rings (SSSR count). The summed E-state index contributed by atoms with van der Waals surface area (Å²) in [4.78, 5) is 11.2. The first-order valence-electron chi connectivity index (χ1n) is 6.84. The summed E-state index contributed by atoms with van der Waals surface area (Å²) in [6.45, 7) is 3.91. The van der Waals surface area contributed by atoms with Crippen molar-refractivity contribution in [2.45, 2.75) is 20.3 Å². The lowest BCUT2D eigenvalue weighted by atomic mass is 10.0. The first-order valence-corrected chi connectivity index (χ1v) is 6.84. The molecule has 0 aliphatic rings. The Hall–Kier alpha value is -2.62. The molecule has 2 aromatic rings. The van der Waals surface area contributed by atoms with E-state index >= 15 is 0 Å². The molecular formula is C17H18N2O2. The number of hydrogen-bond acceptors (Lipinski definition) is 2. The van der Waals surface area contributed by atoms with Crippen molar-refractivity contribution in [2.75, 3.05) is 0 Å². The molecule has 0 aliphatic heterocycles. The summed E-state index contributed by atoms with van der Waals surface area (Å²) < 4.78 is 1.77. The van der Waals surface area contributed by atoms with Crippen LogP contribution in [0.25, 0.3) is 11.8 Å². The zero-order chi connectivity index (χ0) is 15.2. The minimum atomic E-state index is -0.915. The van der Waals surface area contributed by atoms with E-state index in [0.29, 0.717) is 12.0 Å². The number of carboxylic acids is 1. The second-order valence-electron chi connectivity index (χ2n) is 4.66. The van der Waals surface area contributed by atoms with Gasteiger partial charge in [0.25, 0.3) is 0 Å². The standard InChI is InChI=1S/C17H18N2O2/c1-3-6-14(17(20)21)9-10-15-13(2)7-4-8-16(15)19-12-5-11-18-19/h4-12H,3H2,1-2H3,(H,20,21)/b10-9-,14-6-. The number of aromatic nitrogens is 2. The topological polar surface area (TPSA) is 55.1 Å². The van der Waals surface area contributed by atoms with Gasteiger partial charge >= 0.3 is 5.97 Å². The Kier molecular flexibility index (Phi) is 4.72. The van der Waals surface area contributed by atoms with Crippen LogP contribution in [-0.4, -0.2) is 20.9 Å². The molecule has 21 heavy (non-hydrogen) atoms. The van der Waals surface area contributed by atoms with Gasteiger partial charge in [-0.1, -0.05) is 31.2 Å². The largest absolute Gasteiger partial charge is 0.478 e. The predicted molar refractivity (Wildman–Crippen MR) is 83.3 cm³/mol. The third kappa shape index (κ3) is 3.48. The summed E-state index contributed by atoms with van der Waals surface area (Å²) in [6.07, 6.45) is 9.45. The van der Waals surface area contributed by atoms with Crippen LogP contribution in [0.1, 0.15) is 24.5 Å². The van der Waals surface area contributed by atoms with E-state index in [4.69, 9.17) is 5.11 Å². The van der Waals surface area contributed by atoms with Crippen molar-refractivity contribution in [2.24, 2.45) is 0 Å². The maximum absolute atomic E-state index is 11.2. The molecule has 0 spiro atoms. The monoisotopic (exact) mass is 282 g/mol. The Morgan fingerprint density at radius 3 is 2.81 bits per heavy atom. The summed E-state index contributed by atoms with van der Waals surface area (Å²) in [7, 11) is 0. The molecule has 1 aromatic heterocycles. The highest BCUT2D eigenvalue weighted by molar-refractivity contribution is 5.91. The Morgan fingerprint density at radius 1 is 1.38 bits per heavy atom. The number of aryl methyl sites for hydroxylation is 1. The third-order valence-electron chi connectivity index (χ3n) is 3.15. The quantitative estimate of drug-likeness (QED) is 0.673. The third-order valence-corrected chi connectivity index (χ3v) is 3.15. The SMILES string of the molecule is CC/C=C(/C=C\c1c(C)cccc1-n1cccn1)C(=O)O. The molecule has 0 saturated heterocycles. The maximum Gasteiger partial charge on any atom is 0.335 e. The number of carbonyl (C=O) groups is 1. The molecule has 1 N–H and O–H groups in total. The van der Waals surface area contributed by atoms with Gasteiger partial charge in [-0.25, -0.2) is 9.48 Å². The molecule has 0 aliphatic carbocycles. The summed E-state index contributed by atoms with van der Waals surface area (Å²) in [5, 5.41) is 13.4. The van der Waals surface area contributed by atoms with Crippen molar-refractivity contribution in [1.29, 1.82) is 0 Å². The van der Waals surface area contributed by atoms with Crippen molar-refractivity contribution < 1.29 is 9.90 Å². The lowest BCUT2D eigenvalue weighted by Gasteiger charge is -2.09. The molecule has 4 nitrogen and oxygen atoms in total. The van der Waals surface area contributed by atoms with Crippen LogP contribution >= 0.6 is 0 Å². The van der Waals surface area contributed by atoms with E-state index in [1.54, 1.807) is 23.0 Å². The second kappa shape index (κ2) is 6.70. The molecule has 0 fully saturated rings. The molecule has 0 saturated carbocycles. The normalized spacial score (nSPS) is 12.0. The molecule has 0 radical (unpaired) electrons. The fraction of sp³-hybridized carbons (Fsp3) is 0.176. The van der Waals surface area contributed by atoms with E-state index in [2.05, 4.69) is 5.10 Å². The highest BCUT2D eigenvalue weighted by atomic mass is 16.4. The van der Waals surface area contributed by atoms with E-state index in [0.717, 1.165) is 16.8 Å². The molecule has 0 atom stereocenters. The number of allylic oxidation sites excluding steroid dienone is 1. The van der Waals surface area contributed by atoms with Crippen LogP contribution in [0.5, 0.6) is 0 Å². The number of aliphatic carboxylic acids is 1. The minimum Gasteiger partial charge on any atom is -0.478 e. The first-order chi connectivity index (χ1) is 10.1. The van der Waals surface area contributed by atoms with Crippen LogP contribution in [0.4, 0.5) is 0 Å². The zero-order valence-electron chi connectivity index (χ0n) is 12.2. The average molecular weight is 282 g/mol.